The smallest absolute Gasteiger partial charge is 0.229 e. The highest BCUT2D eigenvalue weighted by Crippen LogP contribution is 2.37. The first-order valence-corrected chi connectivity index (χ1v) is 6.97. The molecule has 0 aliphatic rings. The Morgan fingerprint density at radius 2 is 1.89 bits per heavy atom. The van der Waals surface area contributed by atoms with Crippen LogP contribution in [0.25, 0.3) is 33.0 Å². The minimum absolute atomic E-state index is 0.584. The molecule has 2 aromatic carbocycles. The minimum atomic E-state index is 0.584. The fourth-order valence-electron chi connectivity index (χ4n) is 2.35. The fraction of sp³-hybridized carbons (Fsp3) is 0. The van der Waals surface area contributed by atoms with Gasteiger partial charge in [-0.2, -0.15) is 0 Å². The Balaban J connectivity index is 2.31. The largest absolute Gasteiger partial charge is 0.438 e. The minimum Gasteiger partial charge on any atom is -0.438 e. The summed E-state index contributed by atoms with van der Waals surface area (Å²) in [5, 5.41) is 3.49. The van der Waals surface area contributed by atoms with Crippen LogP contribution in [0.4, 0.5) is 0 Å². The predicted molar refractivity (Wildman–Crippen MR) is 81.7 cm³/mol. The number of hydrogen-bond acceptors (Lipinski definition) is 2. The monoisotopic (exact) mass is 331 g/mol. The molecule has 0 bridgehead atoms. The molecule has 0 unspecified atom stereocenters. The molecule has 0 aliphatic carbocycles. The van der Waals surface area contributed by atoms with E-state index in [1.165, 1.54) is 0 Å². The van der Waals surface area contributed by atoms with Crippen LogP contribution in [0.5, 0.6) is 0 Å². The molecule has 19 heavy (non-hydrogen) atoms. The highest BCUT2D eigenvalue weighted by Gasteiger charge is 2.14. The molecule has 0 saturated carbocycles. The van der Waals surface area contributed by atoms with Crippen molar-refractivity contribution in [2.75, 3.05) is 0 Å². The number of fused-ring (bicyclic) bond motifs is 4. The van der Waals surface area contributed by atoms with Crippen LogP contribution in [-0.4, -0.2) is 4.98 Å². The average molecular weight is 333 g/mol. The lowest BCUT2D eigenvalue weighted by Crippen LogP contribution is -1.82. The third-order valence-corrected chi connectivity index (χ3v) is 4.10. The number of furan rings is 1. The summed E-state index contributed by atoms with van der Waals surface area (Å²) in [4.78, 5) is 4.54. The second-order valence-electron chi connectivity index (χ2n) is 4.37. The van der Waals surface area contributed by atoms with Crippen molar-refractivity contribution in [3.05, 3.63) is 52.0 Å². The van der Waals surface area contributed by atoms with E-state index < -0.39 is 0 Å². The second kappa shape index (κ2) is 3.95. The zero-order valence-electron chi connectivity index (χ0n) is 9.65. The number of para-hydroxylation sites is 1. The van der Waals surface area contributed by atoms with E-state index in [0.717, 1.165) is 31.7 Å². The van der Waals surface area contributed by atoms with Crippen molar-refractivity contribution < 1.29 is 4.42 Å². The number of nitrogens with zero attached hydrogens (tertiary/aromatic N) is 1. The highest BCUT2D eigenvalue weighted by molar-refractivity contribution is 9.10. The Bertz CT molecular complexity index is 945. The van der Waals surface area contributed by atoms with Crippen molar-refractivity contribution in [1.29, 1.82) is 0 Å². The summed E-state index contributed by atoms with van der Waals surface area (Å²) in [6.45, 7) is 0. The molecule has 0 saturated heterocycles. The topological polar surface area (TPSA) is 26.0 Å². The van der Waals surface area contributed by atoms with E-state index in [-0.39, 0.29) is 0 Å². The zero-order valence-corrected chi connectivity index (χ0v) is 12.0. The summed E-state index contributed by atoms with van der Waals surface area (Å²) < 4.78 is 6.75. The normalized spacial score (nSPS) is 11.7. The summed E-state index contributed by atoms with van der Waals surface area (Å²) in [6.07, 6.45) is 0. The molecular weight excluding hydrogens is 326 g/mol. The molecule has 0 N–H and O–H groups in total. The Hall–Kier alpha value is -1.58. The van der Waals surface area contributed by atoms with Crippen molar-refractivity contribution in [2.45, 2.75) is 0 Å². The molecule has 0 fully saturated rings. The van der Waals surface area contributed by atoms with E-state index >= 15 is 0 Å². The summed E-state index contributed by atoms with van der Waals surface area (Å²) in [5.74, 6) is 0. The SMILES string of the molecule is Clc1c2cc(Br)ccc2nc2oc3ccccc3c12. The van der Waals surface area contributed by atoms with Crippen LogP contribution in [-0.2, 0) is 0 Å². The van der Waals surface area contributed by atoms with E-state index in [9.17, 15) is 0 Å². The van der Waals surface area contributed by atoms with Crippen LogP contribution < -0.4 is 0 Å². The van der Waals surface area contributed by atoms with Gasteiger partial charge >= 0.3 is 0 Å². The first kappa shape index (κ1) is 11.3. The molecule has 92 valence electrons. The Morgan fingerprint density at radius 3 is 2.79 bits per heavy atom. The fourth-order valence-corrected chi connectivity index (χ4v) is 3.04. The molecule has 4 aromatic rings. The maximum Gasteiger partial charge on any atom is 0.229 e. The van der Waals surface area contributed by atoms with Crippen LogP contribution in [0.15, 0.2) is 51.4 Å². The average Bonchev–Trinajstić information content (AvgIpc) is 2.78. The maximum absolute atomic E-state index is 6.55. The maximum atomic E-state index is 6.55. The van der Waals surface area contributed by atoms with Gasteiger partial charge in [-0.25, -0.2) is 4.98 Å². The van der Waals surface area contributed by atoms with Gasteiger partial charge in [0, 0.05) is 15.2 Å². The molecule has 2 aromatic heterocycles. The van der Waals surface area contributed by atoms with Gasteiger partial charge in [0.2, 0.25) is 5.71 Å². The van der Waals surface area contributed by atoms with Crippen molar-refractivity contribution in [2.24, 2.45) is 0 Å². The van der Waals surface area contributed by atoms with Crippen LogP contribution >= 0.6 is 27.5 Å². The molecule has 2 heterocycles. The number of benzene rings is 2. The van der Waals surface area contributed by atoms with Crippen molar-refractivity contribution >= 4 is 60.5 Å². The summed E-state index contributed by atoms with van der Waals surface area (Å²) in [6, 6.07) is 13.7. The van der Waals surface area contributed by atoms with Gasteiger partial charge in [0.15, 0.2) is 0 Å². The van der Waals surface area contributed by atoms with E-state index in [0.29, 0.717) is 10.7 Å². The third kappa shape index (κ3) is 1.58. The van der Waals surface area contributed by atoms with Gasteiger partial charge in [0.05, 0.1) is 15.9 Å². The van der Waals surface area contributed by atoms with E-state index in [2.05, 4.69) is 20.9 Å². The Morgan fingerprint density at radius 1 is 1.05 bits per heavy atom. The van der Waals surface area contributed by atoms with Gasteiger partial charge in [-0.15, -0.1) is 0 Å². The van der Waals surface area contributed by atoms with E-state index in [4.69, 9.17) is 16.0 Å². The van der Waals surface area contributed by atoms with Gasteiger partial charge in [-0.3, -0.25) is 0 Å². The highest BCUT2D eigenvalue weighted by atomic mass is 79.9. The molecule has 4 heteroatoms. The Labute approximate surface area is 122 Å². The second-order valence-corrected chi connectivity index (χ2v) is 5.66. The third-order valence-electron chi connectivity index (χ3n) is 3.21. The molecule has 4 rings (SSSR count). The number of pyridine rings is 1. The molecule has 0 amide bonds. The first-order chi connectivity index (χ1) is 9.24. The molecule has 0 spiro atoms. The first-order valence-electron chi connectivity index (χ1n) is 5.80. The van der Waals surface area contributed by atoms with Crippen LogP contribution in [0.3, 0.4) is 0 Å². The molecule has 0 radical (unpaired) electrons. The standard InChI is InChI=1S/C15H7BrClNO/c16-8-5-6-11-10(7-8)14(17)13-9-3-1-2-4-12(9)19-15(13)18-11/h1-7H. The van der Waals surface area contributed by atoms with E-state index in [1.807, 2.05) is 42.5 Å². The van der Waals surface area contributed by atoms with Crippen molar-refractivity contribution in [3.8, 4) is 0 Å². The molecule has 2 nitrogen and oxygen atoms in total. The number of aromatic nitrogens is 1. The molecule has 0 atom stereocenters. The number of hydrogen-bond donors (Lipinski definition) is 0. The lowest BCUT2D eigenvalue weighted by molar-refractivity contribution is 0.656. The van der Waals surface area contributed by atoms with Crippen LogP contribution in [0, 0.1) is 0 Å². The predicted octanol–water partition coefficient (Wildman–Crippen LogP) is 5.55. The molecular formula is C15H7BrClNO. The van der Waals surface area contributed by atoms with Crippen molar-refractivity contribution in [1.82, 2.24) is 4.98 Å². The van der Waals surface area contributed by atoms with Gasteiger partial charge in [0.25, 0.3) is 0 Å². The summed E-state index contributed by atoms with van der Waals surface area (Å²) in [7, 11) is 0. The Kier molecular flexibility index (Phi) is 2.34. The van der Waals surface area contributed by atoms with Gasteiger partial charge in [-0.05, 0) is 24.3 Å². The van der Waals surface area contributed by atoms with E-state index in [1.54, 1.807) is 0 Å². The number of halogens is 2. The number of rotatable bonds is 0. The summed E-state index contributed by atoms with van der Waals surface area (Å²) >= 11 is 10.0. The van der Waals surface area contributed by atoms with Gasteiger partial charge in [-0.1, -0.05) is 45.7 Å². The summed E-state index contributed by atoms with van der Waals surface area (Å²) in [5.41, 5.74) is 2.22. The van der Waals surface area contributed by atoms with Crippen molar-refractivity contribution in [3.63, 3.8) is 0 Å². The van der Waals surface area contributed by atoms with Crippen LogP contribution in [0.2, 0.25) is 5.02 Å². The lowest BCUT2D eigenvalue weighted by Gasteiger charge is -2.01. The van der Waals surface area contributed by atoms with Gasteiger partial charge in [0.1, 0.15) is 5.58 Å². The zero-order chi connectivity index (χ0) is 13.0. The van der Waals surface area contributed by atoms with Crippen LogP contribution in [0.1, 0.15) is 0 Å². The van der Waals surface area contributed by atoms with Gasteiger partial charge < -0.3 is 4.42 Å². The quantitative estimate of drug-likeness (QED) is 0.422. The molecule has 0 aliphatic heterocycles. The lowest BCUT2D eigenvalue weighted by atomic mass is 10.1.